The fourth-order valence-electron chi connectivity index (χ4n) is 3.99. The molecule has 2 fully saturated rings. The first-order valence-electron chi connectivity index (χ1n) is 8.14. The fourth-order valence-corrected chi connectivity index (χ4v) is 3.99. The molecule has 1 aliphatic heterocycles. The predicted octanol–water partition coefficient (Wildman–Crippen LogP) is 3.42. The summed E-state index contributed by atoms with van der Waals surface area (Å²) in [6.45, 7) is 11.9. The van der Waals surface area contributed by atoms with Gasteiger partial charge in [0.1, 0.15) is 0 Å². The topological polar surface area (TPSA) is 15.3 Å². The second-order valence-electron chi connectivity index (χ2n) is 6.67. The van der Waals surface area contributed by atoms with Crippen LogP contribution in [0.15, 0.2) is 0 Å². The van der Waals surface area contributed by atoms with E-state index in [0.29, 0.717) is 5.54 Å². The van der Waals surface area contributed by atoms with Gasteiger partial charge < -0.3 is 5.32 Å². The zero-order valence-corrected chi connectivity index (χ0v) is 12.8. The second kappa shape index (κ2) is 5.92. The molecule has 106 valence electrons. The molecule has 0 aromatic heterocycles. The van der Waals surface area contributed by atoms with Crippen molar-refractivity contribution in [2.24, 2.45) is 5.92 Å². The van der Waals surface area contributed by atoms with Crippen LogP contribution in [0.3, 0.4) is 0 Å². The SMILES string of the molecule is CCC1CNC(CC)(CC)CN1C1CCC(C)C1. The highest BCUT2D eigenvalue weighted by Gasteiger charge is 2.40. The zero-order valence-electron chi connectivity index (χ0n) is 12.8. The van der Waals surface area contributed by atoms with Crippen molar-refractivity contribution < 1.29 is 0 Å². The van der Waals surface area contributed by atoms with E-state index < -0.39 is 0 Å². The van der Waals surface area contributed by atoms with Crippen LogP contribution in [0.25, 0.3) is 0 Å². The predicted molar refractivity (Wildman–Crippen MR) is 78.9 cm³/mol. The highest BCUT2D eigenvalue weighted by molar-refractivity contribution is 4.99. The van der Waals surface area contributed by atoms with Crippen LogP contribution in [0.4, 0.5) is 0 Å². The van der Waals surface area contributed by atoms with Crippen LogP contribution >= 0.6 is 0 Å². The van der Waals surface area contributed by atoms with Gasteiger partial charge in [-0.05, 0) is 44.4 Å². The maximum absolute atomic E-state index is 3.86. The van der Waals surface area contributed by atoms with Gasteiger partial charge in [-0.15, -0.1) is 0 Å². The van der Waals surface area contributed by atoms with E-state index in [1.165, 1.54) is 51.6 Å². The van der Waals surface area contributed by atoms with Gasteiger partial charge in [-0.1, -0.05) is 27.7 Å². The molecule has 0 radical (unpaired) electrons. The first kappa shape index (κ1) is 14.3. The minimum absolute atomic E-state index is 0.386. The summed E-state index contributed by atoms with van der Waals surface area (Å²) in [5.74, 6) is 0.944. The highest BCUT2D eigenvalue weighted by atomic mass is 15.3. The lowest BCUT2D eigenvalue weighted by molar-refractivity contribution is 0.0356. The molecule has 18 heavy (non-hydrogen) atoms. The normalized spacial score (nSPS) is 37.0. The van der Waals surface area contributed by atoms with E-state index in [2.05, 4.69) is 37.9 Å². The Morgan fingerprint density at radius 3 is 2.39 bits per heavy atom. The van der Waals surface area contributed by atoms with Crippen LogP contribution in [0.1, 0.15) is 66.2 Å². The van der Waals surface area contributed by atoms with Crippen LogP contribution in [0.5, 0.6) is 0 Å². The van der Waals surface area contributed by atoms with Crippen molar-refractivity contribution >= 4 is 0 Å². The summed E-state index contributed by atoms with van der Waals surface area (Å²) in [6, 6.07) is 1.64. The van der Waals surface area contributed by atoms with Gasteiger partial charge in [0, 0.05) is 30.7 Å². The third-order valence-electron chi connectivity index (χ3n) is 5.63. The zero-order chi connectivity index (χ0) is 13.2. The molecule has 0 spiro atoms. The van der Waals surface area contributed by atoms with E-state index in [9.17, 15) is 0 Å². The van der Waals surface area contributed by atoms with E-state index in [4.69, 9.17) is 0 Å². The van der Waals surface area contributed by atoms with Crippen LogP contribution in [-0.4, -0.2) is 35.6 Å². The maximum Gasteiger partial charge on any atom is 0.0304 e. The average molecular weight is 252 g/mol. The van der Waals surface area contributed by atoms with Gasteiger partial charge in [0.25, 0.3) is 0 Å². The number of hydrogen-bond acceptors (Lipinski definition) is 2. The average Bonchev–Trinajstić information content (AvgIpc) is 2.84. The molecular formula is C16H32N2. The summed E-state index contributed by atoms with van der Waals surface area (Å²) in [4.78, 5) is 2.87. The van der Waals surface area contributed by atoms with Gasteiger partial charge in [0.15, 0.2) is 0 Å². The van der Waals surface area contributed by atoms with Crippen molar-refractivity contribution in [2.75, 3.05) is 13.1 Å². The molecule has 3 atom stereocenters. The van der Waals surface area contributed by atoms with Crippen molar-refractivity contribution in [3.8, 4) is 0 Å². The monoisotopic (exact) mass is 252 g/mol. The van der Waals surface area contributed by atoms with Crippen LogP contribution in [0, 0.1) is 5.92 Å². The van der Waals surface area contributed by atoms with Crippen molar-refractivity contribution in [2.45, 2.75) is 83.8 Å². The van der Waals surface area contributed by atoms with Gasteiger partial charge in [-0.25, -0.2) is 0 Å². The van der Waals surface area contributed by atoms with Crippen molar-refractivity contribution in [1.29, 1.82) is 0 Å². The standard InChI is InChI=1S/C16H32N2/c1-5-14-11-17-16(6-2,7-3)12-18(14)15-9-8-13(4)10-15/h13-15,17H,5-12H2,1-4H3. The smallest absolute Gasteiger partial charge is 0.0304 e. The van der Waals surface area contributed by atoms with Gasteiger partial charge in [0.2, 0.25) is 0 Å². The molecule has 3 unspecified atom stereocenters. The molecule has 0 aromatic rings. The summed E-state index contributed by atoms with van der Waals surface area (Å²) in [5, 5.41) is 3.86. The van der Waals surface area contributed by atoms with Crippen molar-refractivity contribution in [3.63, 3.8) is 0 Å². The Hall–Kier alpha value is -0.0800. The highest BCUT2D eigenvalue weighted by Crippen LogP contribution is 2.34. The Morgan fingerprint density at radius 2 is 1.89 bits per heavy atom. The lowest BCUT2D eigenvalue weighted by Gasteiger charge is -2.50. The number of hydrogen-bond donors (Lipinski definition) is 1. The van der Waals surface area contributed by atoms with Crippen LogP contribution in [0.2, 0.25) is 0 Å². The second-order valence-corrected chi connectivity index (χ2v) is 6.67. The summed E-state index contributed by atoms with van der Waals surface area (Å²) in [7, 11) is 0. The minimum atomic E-state index is 0.386. The Labute approximate surface area is 114 Å². The first-order chi connectivity index (χ1) is 8.64. The Bertz CT molecular complexity index is 260. The van der Waals surface area contributed by atoms with Crippen molar-refractivity contribution in [3.05, 3.63) is 0 Å². The Kier molecular flexibility index (Phi) is 4.71. The van der Waals surface area contributed by atoms with E-state index in [-0.39, 0.29) is 0 Å². The molecule has 2 aliphatic rings. The largest absolute Gasteiger partial charge is 0.308 e. The molecule has 2 nitrogen and oxygen atoms in total. The van der Waals surface area contributed by atoms with Crippen LogP contribution < -0.4 is 5.32 Å². The van der Waals surface area contributed by atoms with Gasteiger partial charge in [0.05, 0.1) is 0 Å². The van der Waals surface area contributed by atoms with Crippen molar-refractivity contribution in [1.82, 2.24) is 10.2 Å². The lowest BCUT2D eigenvalue weighted by Crippen LogP contribution is -2.65. The molecular weight excluding hydrogens is 220 g/mol. The van der Waals surface area contributed by atoms with Gasteiger partial charge in [-0.2, -0.15) is 0 Å². The Balaban J connectivity index is 2.08. The number of rotatable bonds is 4. The number of nitrogens with zero attached hydrogens (tertiary/aromatic N) is 1. The third-order valence-corrected chi connectivity index (χ3v) is 5.63. The Morgan fingerprint density at radius 1 is 1.17 bits per heavy atom. The van der Waals surface area contributed by atoms with Gasteiger partial charge >= 0.3 is 0 Å². The summed E-state index contributed by atoms with van der Waals surface area (Å²) < 4.78 is 0. The molecule has 0 aromatic carbocycles. The molecule has 0 bridgehead atoms. The van der Waals surface area contributed by atoms with E-state index in [1.807, 2.05) is 0 Å². The summed E-state index contributed by atoms with van der Waals surface area (Å²) >= 11 is 0. The molecule has 1 aliphatic carbocycles. The number of nitrogens with one attached hydrogen (secondary N) is 1. The molecule has 1 saturated heterocycles. The van der Waals surface area contributed by atoms with Crippen LogP contribution in [-0.2, 0) is 0 Å². The van der Waals surface area contributed by atoms with E-state index in [0.717, 1.165) is 18.0 Å². The molecule has 0 amide bonds. The first-order valence-corrected chi connectivity index (χ1v) is 8.14. The number of piperazine rings is 1. The third kappa shape index (κ3) is 2.75. The summed E-state index contributed by atoms with van der Waals surface area (Å²) in [5.41, 5.74) is 0.386. The fraction of sp³-hybridized carbons (Fsp3) is 1.00. The van der Waals surface area contributed by atoms with E-state index >= 15 is 0 Å². The molecule has 1 N–H and O–H groups in total. The molecule has 2 heteroatoms. The van der Waals surface area contributed by atoms with E-state index in [1.54, 1.807) is 0 Å². The molecule has 1 heterocycles. The van der Waals surface area contributed by atoms with Gasteiger partial charge in [-0.3, -0.25) is 4.90 Å². The quantitative estimate of drug-likeness (QED) is 0.825. The lowest BCUT2D eigenvalue weighted by atomic mass is 9.87. The summed E-state index contributed by atoms with van der Waals surface area (Å²) in [6.07, 6.45) is 8.12. The minimum Gasteiger partial charge on any atom is -0.308 e. The maximum atomic E-state index is 3.86. The molecule has 2 rings (SSSR count). The molecule has 1 saturated carbocycles.